The highest BCUT2D eigenvalue weighted by molar-refractivity contribution is 7.15. The van der Waals surface area contributed by atoms with E-state index >= 15 is 0 Å². The molecule has 3 rings (SSSR count). The average molecular weight is 379 g/mol. The quantitative estimate of drug-likeness (QED) is 0.664. The lowest BCUT2D eigenvalue weighted by molar-refractivity contribution is -0.136. The van der Waals surface area contributed by atoms with Gasteiger partial charge in [-0.3, -0.25) is 9.59 Å². The lowest BCUT2D eigenvalue weighted by Crippen LogP contribution is -2.36. The number of hydrogen-bond donors (Lipinski definition) is 2. The van der Waals surface area contributed by atoms with Crippen LogP contribution in [0.5, 0.6) is 0 Å². The molecular formula is C21H21N3O2S. The molecule has 1 aromatic heterocycles. The van der Waals surface area contributed by atoms with E-state index in [0.717, 1.165) is 26.7 Å². The summed E-state index contributed by atoms with van der Waals surface area (Å²) in [6.45, 7) is 4.28. The third kappa shape index (κ3) is 5.01. The Balaban J connectivity index is 1.53. The molecule has 0 radical (unpaired) electrons. The lowest BCUT2D eigenvalue weighted by Gasteiger charge is -2.06. The summed E-state index contributed by atoms with van der Waals surface area (Å²) in [5.74, 6) is -1.30. The molecular weight excluding hydrogens is 358 g/mol. The molecule has 0 unspecified atom stereocenters. The molecule has 2 aromatic carbocycles. The van der Waals surface area contributed by atoms with Crippen molar-refractivity contribution in [3.05, 3.63) is 70.7 Å². The van der Waals surface area contributed by atoms with Gasteiger partial charge in [-0.05, 0) is 31.5 Å². The Hall–Kier alpha value is -2.99. The third-order valence-electron chi connectivity index (χ3n) is 4.03. The second-order valence-corrected chi connectivity index (χ2v) is 7.31. The number of nitrogens with zero attached hydrogens (tertiary/aromatic N) is 1. The highest BCUT2D eigenvalue weighted by Gasteiger charge is 2.14. The van der Waals surface area contributed by atoms with Gasteiger partial charge in [-0.1, -0.05) is 42.5 Å². The van der Waals surface area contributed by atoms with Crippen LogP contribution in [0.1, 0.15) is 16.1 Å². The van der Waals surface area contributed by atoms with Crippen LogP contribution in [0.2, 0.25) is 0 Å². The van der Waals surface area contributed by atoms with Crippen LogP contribution in [-0.4, -0.2) is 23.3 Å². The van der Waals surface area contributed by atoms with Gasteiger partial charge in [-0.2, -0.15) is 0 Å². The predicted molar refractivity (Wildman–Crippen MR) is 109 cm³/mol. The van der Waals surface area contributed by atoms with Crippen molar-refractivity contribution in [1.29, 1.82) is 0 Å². The fraction of sp³-hybridized carbons (Fsp3) is 0.190. The maximum atomic E-state index is 12.0. The Morgan fingerprint density at radius 1 is 1.00 bits per heavy atom. The second kappa shape index (κ2) is 8.60. The Bertz CT molecular complexity index is 951. The Kier molecular flexibility index (Phi) is 5.98. The van der Waals surface area contributed by atoms with Gasteiger partial charge in [0, 0.05) is 29.1 Å². The van der Waals surface area contributed by atoms with E-state index in [1.165, 1.54) is 0 Å². The molecule has 2 amide bonds. The molecule has 0 fully saturated rings. The summed E-state index contributed by atoms with van der Waals surface area (Å²) in [5.41, 5.74) is 3.67. The SMILES string of the molecule is Cc1cccc(NC(=O)C(=O)NCCc2sc(-c3ccccc3)nc2C)c1. The number of hydrogen-bond acceptors (Lipinski definition) is 4. The molecule has 1 heterocycles. The summed E-state index contributed by atoms with van der Waals surface area (Å²) in [4.78, 5) is 29.7. The molecule has 5 nitrogen and oxygen atoms in total. The highest BCUT2D eigenvalue weighted by Crippen LogP contribution is 2.27. The summed E-state index contributed by atoms with van der Waals surface area (Å²) < 4.78 is 0. The van der Waals surface area contributed by atoms with Crippen LogP contribution in [-0.2, 0) is 16.0 Å². The number of carbonyl (C=O) groups is 2. The number of rotatable bonds is 5. The maximum absolute atomic E-state index is 12.0. The molecule has 0 bridgehead atoms. The Morgan fingerprint density at radius 3 is 2.52 bits per heavy atom. The van der Waals surface area contributed by atoms with Crippen LogP contribution in [0.15, 0.2) is 54.6 Å². The zero-order chi connectivity index (χ0) is 19.2. The van der Waals surface area contributed by atoms with Crippen molar-refractivity contribution in [3.63, 3.8) is 0 Å². The lowest BCUT2D eigenvalue weighted by atomic mass is 10.2. The minimum Gasteiger partial charge on any atom is -0.347 e. The number of nitrogens with one attached hydrogen (secondary N) is 2. The smallest absolute Gasteiger partial charge is 0.313 e. The zero-order valence-corrected chi connectivity index (χ0v) is 16.1. The van der Waals surface area contributed by atoms with Gasteiger partial charge in [-0.15, -0.1) is 11.3 Å². The summed E-state index contributed by atoms with van der Waals surface area (Å²) in [7, 11) is 0. The van der Waals surface area contributed by atoms with Crippen molar-refractivity contribution in [3.8, 4) is 10.6 Å². The summed E-state index contributed by atoms with van der Waals surface area (Å²) >= 11 is 1.61. The molecule has 27 heavy (non-hydrogen) atoms. The van der Waals surface area contributed by atoms with Crippen LogP contribution in [0, 0.1) is 13.8 Å². The largest absolute Gasteiger partial charge is 0.347 e. The molecule has 138 valence electrons. The molecule has 0 atom stereocenters. The predicted octanol–water partition coefficient (Wildman–Crippen LogP) is 3.72. The molecule has 2 N–H and O–H groups in total. The Labute approximate surface area is 162 Å². The van der Waals surface area contributed by atoms with Crippen LogP contribution >= 0.6 is 11.3 Å². The molecule has 3 aromatic rings. The van der Waals surface area contributed by atoms with Crippen LogP contribution < -0.4 is 10.6 Å². The molecule has 0 saturated heterocycles. The van der Waals surface area contributed by atoms with Gasteiger partial charge >= 0.3 is 11.8 Å². The number of anilines is 1. The van der Waals surface area contributed by atoms with E-state index in [1.807, 2.05) is 62.4 Å². The van der Waals surface area contributed by atoms with Crippen molar-refractivity contribution >= 4 is 28.8 Å². The fourth-order valence-electron chi connectivity index (χ4n) is 2.64. The second-order valence-electron chi connectivity index (χ2n) is 6.22. The first-order valence-corrected chi connectivity index (χ1v) is 9.52. The van der Waals surface area contributed by atoms with Crippen LogP contribution in [0.4, 0.5) is 5.69 Å². The highest BCUT2D eigenvalue weighted by atomic mass is 32.1. The zero-order valence-electron chi connectivity index (χ0n) is 15.3. The van der Waals surface area contributed by atoms with Crippen LogP contribution in [0.3, 0.4) is 0 Å². The third-order valence-corrected chi connectivity index (χ3v) is 5.30. The van der Waals surface area contributed by atoms with E-state index < -0.39 is 11.8 Å². The van der Waals surface area contributed by atoms with Gasteiger partial charge in [0.15, 0.2) is 0 Å². The first kappa shape index (κ1) is 18.8. The number of thiazole rings is 1. The number of aromatic nitrogens is 1. The Morgan fingerprint density at radius 2 is 1.78 bits per heavy atom. The molecule has 0 spiro atoms. The number of benzene rings is 2. The van der Waals surface area contributed by atoms with E-state index in [0.29, 0.717) is 18.7 Å². The van der Waals surface area contributed by atoms with Crippen LogP contribution in [0.25, 0.3) is 10.6 Å². The summed E-state index contributed by atoms with van der Waals surface area (Å²) in [6, 6.07) is 17.3. The first-order chi connectivity index (χ1) is 13.0. The molecule has 0 aliphatic heterocycles. The average Bonchev–Trinajstić information content (AvgIpc) is 3.03. The molecule has 6 heteroatoms. The van der Waals surface area contributed by atoms with Gasteiger partial charge in [-0.25, -0.2) is 4.98 Å². The van der Waals surface area contributed by atoms with Gasteiger partial charge in [0.05, 0.1) is 5.69 Å². The normalized spacial score (nSPS) is 10.4. The van der Waals surface area contributed by atoms with Gasteiger partial charge in [0.25, 0.3) is 0 Å². The molecule has 0 aliphatic carbocycles. The summed E-state index contributed by atoms with van der Waals surface area (Å²) in [5, 5.41) is 6.24. The van der Waals surface area contributed by atoms with E-state index in [4.69, 9.17) is 0 Å². The van der Waals surface area contributed by atoms with Crippen molar-refractivity contribution in [2.75, 3.05) is 11.9 Å². The van der Waals surface area contributed by atoms with E-state index in [1.54, 1.807) is 17.4 Å². The monoisotopic (exact) mass is 379 g/mol. The summed E-state index contributed by atoms with van der Waals surface area (Å²) in [6.07, 6.45) is 0.639. The van der Waals surface area contributed by atoms with E-state index in [9.17, 15) is 9.59 Å². The first-order valence-electron chi connectivity index (χ1n) is 8.70. The van der Waals surface area contributed by atoms with Crippen molar-refractivity contribution in [2.24, 2.45) is 0 Å². The van der Waals surface area contributed by atoms with Crippen molar-refractivity contribution < 1.29 is 9.59 Å². The van der Waals surface area contributed by atoms with Gasteiger partial charge < -0.3 is 10.6 Å². The van der Waals surface area contributed by atoms with Crippen molar-refractivity contribution in [1.82, 2.24) is 10.3 Å². The maximum Gasteiger partial charge on any atom is 0.313 e. The van der Waals surface area contributed by atoms with Crippen molar-refractivity contribution in [2.45, 2.75) is 20.3 Å². The minimum atomic E-state index is -0.661. The topological polar surface area (TPSA) is 71.1 Å². The number of aryl methyl sites for hydroxylation is 2. The standard InChI is InChI=1S/C21H21N3O2S/c1-14-7-6-10-17(13-14)24-20(26)19(25)22-12-11-18-15(2)23-21(27-18)16-8-4-3-5-9-16/h3-10,13H,11-12H2,1-2H3,(H,22,25)(H,24,26). The van der Waals surface area contributed by atoms with Gasteiger partial charge in [0.1, 0.15) is 5.01 Å². The van der Waals surface area contributed by atoms with Gasteiger partial charge in [0.2, 0.25) is 0 Å². The molecule has 0 aliphatic rings. The van der Waals surface area contributed by atoms with E-state index in [-0.39, 0.29) is 0 Å². The fourth-order valence-corrected chi connectivity index (χ4v) is 3.71. The van der Waals surface area contributed by atoms with E-state index in [2.05, 4.69) is 15.6 Å². The number of carbonyl (C=O) groups excluding carboxylic acids is 2. The number of amides is 2. The molecule has 0 saturated carbocycles. The minimum absolute atomic E-state index is 0.386.